The van der Waals surface area contributed by atoms with Gasteiger partial charge in [0, 0.05) is 25.0 Å². The van der Waals surface area contributed by atoms with Crippen molar-refractivity contribution in [3.63, 3.8) is 0 Å². The van der Waals surface area contributed by atoms with Gasteiger partial charge in [-0.2, -0.15) is 0 Å². The fraction of sp³-hybridized carbons (Fsp3) is 0.700. The van der Waals surface area contributed by atoms with Crippen molar-refractivity contribution in [2.24, 2.45) is 0 Å². The number of nitrogens with one attached hydrogen (secondary N) is 2. The molecule has 0 aliphatic carbocycles. The van der Waals surface area contributed by atoms with E-state index in [-0.39, 0.29) is 12.5 Å². The molecule has 0 bridgehead atoms. The lowest BCUT2D eigenvalue weighted by Crippen LogP contribution is -2.26. The minimum atomic E-state index is 0. The number of aromatic nitrogens is 1. The zero-order valence-corrected chi connectivity index (χ0v) is 17.7. The van der Waals surface area contributed by atoms with Crippen LogP contribution in [0.25, 0.3) is 10.2 Å². The summed E-state index contributed by atoms with van der Waals surface area (Å²) in [5.41, 5.74) is 3.06. The summed E-state index contributed by atoms with van der Waals surface area (Å²) in [6.07, 6.45) is 4.78. The first-order valence-corrected chi connectivity index (χ1v) is 9.92. The van der Waals surface area contributed by atoms with Crippen LogP contribution in [0.1, 0.15) is 76.7 Å². The number of ether oxygens (including phenoxy) is 1. The third kappa shape index (κ3) is 5.55. The van der Waals surface area contributed by atoms with Crippen molar-refractivity contribution < 1.29 is 11.6 Å². The van der Waals surface area contributed by atoms with Crippen molar-refractivity contribution >= 4 is 21.6 Å². The summed E-state index contributed by atoms with van der Waals surface area (Å²) in [6, 6.07) is 0. The number of fused-ring (bicyclic) bond motifs is 1. The van der Waals surface area contributed by atoms with Gasteiger partial charge >= 0.3 is 0 Å². The zero-order valence-electron chi connectivity index (χ0n) is 16.9. The number of thiophene rings is 1. The number of methoxy groups -OCH3 is 1. The number of aromatic amines is 1. The zero-order chi connectivity index (χ0) is 17.9. The summed E-state index contributed by atoms with van der Waals surface area (Å²) in [5, 5.41) is 4.96. The molecule has 0 saturated carbocycles. The molecule has 146 valence electrons. The minimum absolute atomic E-state index is 0. The second-order valence-electron chi connectivity index (χ2n) is 8.03. The van der Waals surface area contributed by atoms with Crippen LogP contribution in [0, 0.1) is 6.92 Å². The van der Waals surface area contributed by atoms with E-state index in [1.54, 1.807) is 12.0 Å². The Labute approximate surface area is 158 Å². The molecule has 2 aromatic rings. The number of rotatable bonds is 2. The highest BCUT2D eigenvalue weighted by Crippen LogP contribution is 2.41. The quantitative estimate of drug-likeness (QED) is 0.782. The maximum Gasteiger partial charge on any atom is 0.100 e. The van der Waals surface area contributed by atoms with E-state index in [0.717, 1.165) is 5.92 Å². The van der Waals surface area contributed by atoms with Gasteiger partial charge in [-0.15, -0.1) is 11.3 Å². The van der Waals surface area contributed by atoms with Gasteiger partial charge in [-0.05, 0) is 76.6 Å². The molecule has 4 nitrogen and oxygen atoms in total. The van der Waals surface area contributed by atoms with Gasteiger partial charge in [0.05, 0.1) is 5.60 Å². The maximum atomic E-state index is 4.94. The molecule has 0 atom stereocenters. The molecule has 2 aromatic heterocycles. The molecule has 0 unspecified atom stereocenters. The summed E-state index contributed by atoms with van der Waals surface area (Å²) in [5.74, 6) is 1.38. The van der Waals surface area contributed by atoms with Crippen LogP contribution >= 0.6 is 11.3 Å². The Balaban J connectivity index is 0.000000687. The Morgan fingerprint density at radius 1 is 1.24 bits per heavy atom. The van der Waals surface area contributed by atoms with Crippen LogP contribution in [0.4, 0.5) is 0 Å². The van der Waals surface area contributed by atoms with Crippen LogP contribution in [0.5, 0.6) is 0 Å². The van der Waals surface area contributed by atoms with Gasteiger partial charge in [0.1, 0.15) is 4.83 Å². The number of hydrogen-bond donors (Lipinski definition) is 2. The Morgan fingerprint density at radius 2 is 1.80 bits per heavy atom. The van der Waals surface area contributed by atoms with E-state index in [9.17, 15) is 0 Å². The molecule has 1 saturated heterocycles. The highest BCUT2D eigenvalue weighted by atomic mass is 32.1. The normalized spacial score (nSPS) is 15.8. The summed E-state index contributed by atoms with van der Waals surface area (Å²) in [4.78, 5) is 6.48. The molecule has 4 N–H and O–H groups in total. The fourth-order valence-electron chi connectivity index (χ4n) is 3.12. The van der Waals surface area contributed by atoms with Gasteiger partial charge in [0.25, 0.3) is 0 Å². The fourth-order valence-corrected chi connectivity index (χ4v) is 4.49. The van der Waals surface area contributed by atoms with E-state index in [1.165, 1.54) is 47.3 Å². The van der Waals surface area contributed by atoms with Crippen molar-refractivity contribution in [1.29, 1.82) is 0 Å². The molecule has 0 radical (unpaired) electrons. The van der Waals surface area contributed by atoms with Crippen LogP contribution in [-0.2, 0) is 4.74 Å². The average Bonchev–Trinajstić information content (AvgIpc) is 3.09. The third-order valence-corrected chi connectivity index (χ3v) is 6.16. The lowest BCUT2D eigenvalue weighted by Gasteiger charge is -2.22. The summed E-state index contributed by atoms with van der Waals surface area (Å²) in [7, 11) is 1.71. The predicted octanol–water partition coefficient (Wildman–Crippen LogP) is 4.98. The summed E-state index contributed by atoms with van der Waals surface area (Å²) >= 11 is 1.99. The number of aryl methyl sites for hydroxylation is 1. The lowest BCUT2D eigenvalue weighted by molar-refractivity contribution is 0.0397. The standard InChI is InChI=1S/C15H22N2S.C5H12O.H2O.H2/c1-9(2)12-8-17-15-13(12)10(3)14(18-15)11-4-6-16-7-5-11;1-5(2,3)6-4;;/h8-9,11,16-17H,4-7H2,1-3H3;1-4H3;1H2;1H. The van der Waals surface area contributed by atoms with Crippen molar-refractivity contribution in [2.75, 3.05) is 20.2 Å². The third-order valence-electron chi connectivity index (χ3n) is 4.78. The Bertz CT molecular complexity index is 653. The molecule has 5 heteroatoms. The number of H-pyrrole nitrogens is 1. The van der Waals surface area contributed by atoms with Crippen molar-refractivity contribution in [2.45, 2.75) is 71.8 Å². The van der Waals surface area contributed by atoms with Crippen LogP contribution in [0.3, 0.4) is 0 Å². The van der Waals surface area contributed by atoms with Crippen LogP contribution in [-0.4, -0.2) is 36.3 Å². The van der Waals surface area contributed by atoms with Gasteiger partial charge < -0.3 is 20.5 Å². The molecule has 3 rings (SSSR count). The van der Waals surface area contributed by atoms with Gasteiger partial charge in [0.15, 0.2) is 0 Å². The Hall–Kier alpha value is -0.880. The highest BCUT2D eigenvalue weighted by molar-refractivity contribution is 7.19. The van der Waals surface area contributed by atoms with Crippen molar-refractivity contribution in [3.8, 4) is 0 Å². The monoisotopic (exact) mass is 370 g/mol. The number of hydrogen-bond acceptors (Lipinski definition) is 3. The van der Waals surface area contributed by atoms with E-state index >= 15 is 0 Å². The Kier molecular flexibility index (Phi) is 8.13. The maximum absolute atomic E-state index is 4.94. The van der Waals surface area contributed by atoms with E-state index < -0.39 is 0 Å². The smallest absolute Gasteiger partial charge is 0.100 e. The first kappa shape index (κ1) is 22.2. The van der Waals surface area contributed by atoms with E-state index in [1.807, 2.05) is 32.1 Å². The Morgan fingerprint density at radius 3 is 2.28 bits per heavy atom. The van der Waals surface area contributed by atoms with Gasteiger partial charge in [-0.1, -0.05) is 13.8 Å². The first-order chi connectivity index (χ1) is 11.2. The molecule has 0 amide bonds. The van der Waals surface area contributed by atoms with Gasteiger partial charge in [0.2, 0.25) is 0 Å². The SMILES string of the molecule is COC(C)(C)C.Cc1c(C2CCNCC2)sc2[nH]cc(C(C)C)c12.O.[HH]. The van der Waals surface area contributed by atoms with Crippen molar-refractivity contribution in [1.82, 2.24) is 10.3 Å². The van der Waals surface area contributed by atoms with Crippen LogP contribution < -0.4 is 5.32 Å². The summed E-state index contributed by atoms with van der Waals surface area (Å²) < 4.78 is 4.94. The second-order valence-corrected chi connectivity index (χ2v) is 9.09. The topological polar surface area (TPSA) is 68.5 Å². The molecule has 1 fully saturated rings. The van der Waals surface area contributed by atoms with Crippen molar-refractivity contribution in [3.05, 3.63) is 22.2 Å². The van der Waals surface area contributed by atoms with Gasteiger partial charge in [-0.25, -0.2) is 0 Å². The molecule has 1 aliphatic heterocycles. The minimum Gasteiger partial charge on any atom is -0.412 e. The average molecular weight is 371 g/mol. The second kappa shape index (κ2) is 9.17. The summed E-state index contributed by atoms with van der Waals surface area (Å²) in [6.45, 7) is 15.3. The van der Waals surface area contributed by atoms with E-state index in [2.05, 4.69) is 37.3 Å². The molecule has 3 heterocycles. The molecular formula is C20H38N2O2S. The molecule has 0 aromatic carbocycles. The van der Waals surface area contributed by atoms with E-state index in [0.29, 0.717) is 5.92 Å². The predicted molar refractivity (Wildman–Crippen MR) is 112 cm³/mol. The molecular weight excluding hydrogens is 332 g/mol. The lowest BCUT2D eigenvalue weighted by atomic mass is 9.92. The number of piperidine rings is 1. The molecule has 25 heavy (non-hydrogen) atoms. The highest BCUT2D eigenvalue weighted by Gasteiger charge is 2.22. The van der Waals surface area contributed by atoms with Crippen LogP contribution in [0.2, 0.25) is 0 Å². The largest absolute Gasteiger partial charge is 0.412 e. The van der Waals surface area contributed by atoms with Gasteiger partial charge in [-0.3, -0.25) is 0 Å². The molecule has 1 aliphatic rings. The molecule has 0 spiro atoms. The van der Waals surface area contributed by atoms with E-state index in [4.69, 9.17) is 4.74 Å². The van der Waals surface area contributed by atoms with Crippen LogP contribution in [0.15, 0.2) is 6.20 Å². The first-order valence-electron chi connectivity index (χ1n) is 9.10.